The number of rotatable bonds is 19. The third-order valence-corrected chi connectivity index (χ3v) is 5.46. The molecule has 0 aliphatic carbocycles. The number of cyclic esters (lactones) is 1. The van der Waals surface area contributed by atoms with Gasteiger partial charge in [-0.3, -0.25) is 4.79 Å². The summed E-state index contributed by atoms with van der Waals surface area (Å²) in [6.45, 7) is 3.74. The fraction of sp³-hybridized carbons (Fsp3) is 0.833. The Bertz CT molecular complexity index is 544. The zero-order valence-electron chi connectivity index (χ0n) is 19.4. The quantitative estimate of drug-likeness (QED) is 0.212. The van der Waals surface area contributed by atoms with Gasteiger partial charge in [0.05, 0.1) is 6.61 Å². The Morgan fingerprint density at radius 1 is 0.935 bits per heavy atom. The molecule has 0 amide bonds. The number of ether oxygens (including phenoxy) is 3. The normalized spacial score (nSPS) is 17.0. The van der Waals surface area contributed by atoms with Gasteiger partial charge in [0, 0.05) is 6.42 Å². The van der Waals surface area contributed by atoms with Crippen molar-refractivity contribution in [3.63, 3.8) is 0 Å². The van der Waals surface area contributed by atoms with Crippen LogP contribution in [-0.4, -0.2) is 47.6 Å². The van der Waals surface area contributed by atoms with Crippen LogP contribution in [0.5, 0.6) is 0 Å². The van der Waals surface area contributed by atoms with Gasteiger partial charge >= 0.3 is 11.9 Å². The van der Waals surface area contributed by atoms with Crippen LogP contribution < -0.4 is 0 Å². The molecule has 0 spiro atoms. The molecule has 0 fully saturated rings. The fourth-order valence-electron chi connectivity index (χ4n) is 3.62. The summed E-state index contributed by atoms with van der Waals surface area (Å²) in [6.07, 6.45) is 13.7. The summed E-state index contributed by atoms with van der Waals surface area (Å²) in [5.41, 5.74) is 0. The van der Waals surface area contributed by atoms with E-state index in [9.17, 15) is 19.8 Å². The molecule has 1 aliphatic heterocycles. The van der Waals surface area contributed by atoms with Gasteiger partial charge in [0.25, 0.3) is 0 Å². The van der Waals surface area contributed by atoms with Crippen molar-refractivity contribution in [3.05, 3.63) is 11.5 Å². The molecule has 7 nitrogen and oxygen atoms in total. The lowest BCUT2D eigenvalue weighted by Gasteiger charge is -2.17. The van der Waals surface area contributed by atoms with Crippen LogP contribution in [0.25, 0.3) is 0 Å². The van der Waals surface area contributed by atoms with Crippen LogP contribution in [0.4, 0.5) is 0 Å². The Hall–Kier alpha value is -1.76. The van der Waals surface area contributed by atoms with Crippen LogP contribution in [0.1, 0.15) is 104 Å². The lowest BCUT2D eigenvalue weighted by Crippen LogP contribution is -2.33. The van der Waals surface area contributed by atoms with E-state index in [1.54, 1.807) is 6.92 Å². The van der Waals surface area contributed by atoms with Crippen LogP contribution in [-0.2, 0) is 23.8 Å². The SMILES string of the molecule is CCCCCCCCCCCCCCCC(=O)OC[C@H](O)[C@H]1OC(=O)C(OCC)=C1O. The first-order chi connectivity index (χ1) is 15.0. The largest absolute Gasteiger partial charge is 0.505 e. The highest BCUT2D eigenvalue weighted by Crippen LogP contribution is 2.24. The van der Waals surface area contributed by atoms with Crippen molar-refractivity contribution < 1.29 is 34.0 Å². The number of hydrogen-bond donors (Lipinski definition) is 2. The van der Waals surface area contributed by atoms with E-state index in [-0.39, 0.29) is 19.0 Å². The molecule has 0 unspecified atom stereocenters. The monoisotopic (exact) mass is 442 g/mol. The summed E-state index contributed by atoms with van der Waals surface area (Å²) in [7, 11) is 0. The Balaban J connectivity index is 2.00. The molecule has 180 valence electrons. The summed E-state index contributed by atoms with van der Waals surface area (Å²) in [5.74, 6) is -2.00. The number of aliphatic hydroxyl groups excluding tert-OH is 2. The predicted octanol–water partition coefficient (Wildman–Crippen LogP) is 5.10. The maximum absolute atomic E-state index is 11.8. The highest BCUT2D eigenvalue weighted by molar-refractivity contribution is 5.89. The molecule has 7 heteroatoms. The van der Waals surface area contributed by atoms with Crippen LogP contribution in [0.15, 0.2) is 11.5 Å². The van der Waals surface area contributed by atoms with Crippen LogP contribution in [0.3, 0.4) is 0 Å². The van der Waals surface area contributed by atoms with Crippen molar-refractivity contribution in [1.82, 2.24) is 0 Å². The van der Waals surface area contributed by atoms with Gasteiger partial charge in [-0.15, -0.1) is 0 Å². The first-order valence-electron chi connectivity index (χ1n) is 12.1. The molecule has 0 aromatic rings. The number of carbonyl (C=O) groups is 2. The van der Waals surface area contributed by atoms with Gasteiger partial charge in [-0.1, -0.05) is 84.0 Å². The van der Waals surface area contributed by atoms with E-state index in [0.717, 1.165) is 19.3 Å². The van der Waals surface area contributed by atoms with Gasteiger partial charge < -0.3 is 24.4 Å². The van der Waals surface area contributed by atoms with Gasteiger partial charge in [0.2, 0.25) is 5.76 Å². The van der Waals surface area contributed by atoms with Gasteiger partial charge in [0.1, 0.15) is 12.7 Å². The van der Waals surface area contributed by atoms with E-state index >= 15 is 0 Å². The van der Waals surface area contributed by atoms with Crippen LogP contribution in [0, 0.1) is 0 Å². The zero-order valence-corrected chi connectivity index (χ0v) is 19.4. The molecule has 31 heavy (non-hydrogen) atoms. The minimum absolute atomic E-state index is 0.186. The van der Waals surface area contributed by atoms with E-state index < -0.39 is 29.9 Å². The molecule has 0 bridgehead atoms. The standard InChI is InChI=1S/C24H42O7/c1-3-5-6-7-8-9-10-11-12-13-14-15-16-17-20(26)30-18-19(25)22-21(27)23(29-4-2)24(28)31-22/h19,22,25,27H,3-18H2,1-2H3/t19-,22+/m0/s1. The first kappa shape index (κ1) is 27.3. The molecule has 0 saturated carbocycles. The average Bonchev–Trinajstić information content (AvgIpc) is 3.04. The van der Waals surface area contributed by atoms with Crippen molar-refractivity contribution >= 4 is 11.9 Å². The van der Waals surface area contributed by atoms with E-state index in [0.29, 0.717) is 6.42 Å². The summed E-state index contributed by atoms with van der Waals surface area (Å²) in [4.78, 5) is 23.4. The third kappa shape index (κ3) is 11.4. The number of hydrogen-bond acceptors (Lipinski definition) is 7. The average molecular weight is 443 g/mol. The maximum atomic E-state index is 11.8. The van der Waals surface area contributed by atoms with Crippen molar-refractivity contribution in [2.45, 2.75) is 116 Å². The second-order valence-electron chi connectivity index (χ2n) is 8.22. The van der Waals surface area contributed by atoms with Crippen molar-refractivity contribution in [3.8, 4) is 0 Å². The molecule has 2 atom stereocenters. The maximum Gasteiger partial charge on any atom is 0.378 e. The molecule has 0 aromatic carbocycles. The highest BCUT2D eigenvalue weighted by Gasteiger charge is 2.40. The lowest BCUT2D eigenvalue weighted by atomic mass is 10.0. The van der Waals surface area contributed by atoms with Gasteiger partial charge in [-0.05, 0) is 13.3 Å². The molecule has 2 N–H and O–H groups in total. The zero-order chi connectivity index (χ0) is 22.9. The van der Waals surface area contributed by atoms with E-state index in [1.807, 2.05) is 0 Å². The summed E-state index contributed by atoms with van der Waals surface area (Å²) >= 11 is 0. The van der Waals surface area contributed by atoms with Gasteiger partial charge in [0.15, 0.2) is 11.9 Å². The van der Waals surface area contributed by atoms with Crippen LogP contribution >= 0.6 is 0 Å². The number of aliphatic hydroxyl groups is 2. The van der Waals surface area contributed by atoms with Crippen molar-refractivity contribution in [2.24, 2.45) is 0 Å². The Morgan fingerprint density at radius 2 is 1.45 bits per heavy atom. The number of esters is 2. The number of unbranched alkanes of at least 4 members (excludes halogenated alkanes) is 12. The van der Waals surface area contributed by atoms with Crippen molar-refractivity contribution in [1.29, 1.82) is 0 Å². The first-order valence-corrected chi connectivity index (χ1v) is 12.1. The molecular weight excluding hydrogens is 400 g/mol. The Labute approximate surface area is 187 Å². The third-order valence-electron chi connectivity index (χ3n) is 5.46. The van der Waals surface area contributed by atoms with E-state index in [1.165, 1.54) is 64.2 Å². The second kappa shape index (κ2) is 16.9. The topological polar surface area (TPSA) is 102 Å². The summed E-state index contributed by atoms with van der Waals surface area (Å²) in [6, 6.07) is 0. The summed E-state index contributed by atoms with van der Waals surface area (Å²) < 4.78 is 14.9. The minimum Gasteiger partial charge on any atom is -0.505 e. The molecule has 0 radical (unpaired) electrons. The van der Waals surface area contributed by atoms with E-state index in [2.05, 4.69) is 6.92 Å². The predicted molar refractivity (Wildman–Crippen MR) is 118 cm³/mol. The lowest BCUT2D eigenvalue weighted by molar-refractivity contribution is -0.154. The molecule has 0 aromatic heterocycles. The molecule has 0 saturated heterocycles. The minimum atomic E-state index is -1.34. The van der Waals surface area contributed by atoms with Gasteiger partial charge in [-0.25, -0.2) is 4.79 Å². The smallest absolute Gasteiger partial charge is 0.378 e. The number of carbonyl (C=O) groups excluding carboxylic acids is 2. The molecule has 1 rings (SSSR count). The van der Waals surface area contributed by atoms with Crippen molar-refractivity contribution in [2.75, 3.05) is 13.2 Å². The molecule has 1 aliphatic rings. The molecule has 1 heterocycles. The van der Waals surface area contributed by atoms with E-state index in [4.69, 9.17) is 14.2 Å². The second-order valence-corrected chi connectivity index (χ2v) is 8.22. The molecular formula is C24H42O7. The Morgan fingerprint density at radius 3 is 1.97 bits per heavy atom. The summed E-state index contributed by atoms with van der Waals surface area (Å²) in [5, 5.41) is 20.0. The van der Waals surface area contributed by atoms with Crippen LogP contribution in [0.2, 0.25) is 0 Å². The fourth-order valence-corrected chi connectivity index (χ4v) is 3.62. The Kier molecular flexibility index (Phi) is 14.8. The van der Waals surface area contributed by atoms with Gasteiger partial charge in [-0.2, -0.15) is 0 Å². The highest BCUT2D eigenvalue weighted by atomic mass is 16.6.